The normalized spacial score (nSPS) is 12.5. The van der Waals surface area contributed by atoms with E-state index in [0.29, 0.717) is 0 Å². The number of rotatable bonds is 2. The van der Waals surface area contributed by atoms with Crippen LogP contribution in [-0.4, -0.2) is 18.9 Å². The Morgan fingerprint density at radius 1 is 1.33 bits per heavy atom. The number of pyridine rings is 1. The molecule has 0 aromatic carbocycles. The second-order valence-electron chi connectivity index (χ2n) is 2.42. The first-order valence-electron chi connectivity index (χ1n) is 3.43. The lowest BCUT2D eigenvalue weighted by molar-refractivity contribution is -0.0429. The van der Waals surface area contributed by atoms with Gasteiger partial charge in [-0.15, -0.1) is 0 Å². The Bertz CT molecular complexity index is 442. The molecule has 0 saturated carbocycles. The van der Waals surface area contributed by atoms with Crippen LogP contribution in [0.5, 0.6) is 0 Å². The first-order valence-corrected chi connectivity index (χ1v) is 5.29. The molecular formula is C6H4ClF3N2O2S. The second-order valence-corrected chi connectivity index (χ2v) is 4.48. The summed E-state index contributed by atoms with van der Waals surface area (Å²) in [7, 11) is -5.40. The molecule has 0 amide bonds. The van der Waals surface area contributed by atoms with Crippen molar-refractivity contribution < 1.29 is 21.6 Å². The largest absolute Gasteiger partial charge is 0.516 e. The zero-order chi connectivity index (χ0) is 11.7. The van der Waals surface area contributed by atoms with Crippen molar-refractivity contribution in [3.05, 3.63) is 23.5 Å². The molecule has 9 heteroatoms. The molecule has 15 heavy (non-hydrogen) atoms. The highest BCUT2D eigenvalue weighted by atomic mass is 35.5. The van der Waals surface area contributed by atoms with Gasteiger partial charge in [-0.25, -0.2) is 4.98 Å². The number of halogens is 4. The van der Waals surface area contributed by atoms with Crippen molar-refractivity contribution in [1.82, 2.24) is 4.98 Å². The number of sulfonamides is 1. The highest BCUT2D eigenvalue weighted by Gasteiger charge is 2.46. The van der Waals surface area contributed by atoms with Gasteiger partial charge < -0.3 is 0 Å². The maximum Gasteiger partial charge on any atom is 0.516 e. The summed E-state index contributed by atoms with van der Waals surface area (Å²) >= 11 is 5.36. The summed E-state index contributed by atoms with van der Waals surface area (Å²) in [6, 6.07) is 2.23. The summed E-state index contributed by atoms with van der Waals surface area (Å²) in [4.78, 5) is 3.42. The van der Waals surface area contributed by atoms with Gasteiger partial charge in [0.25, 0.3) is 0 Å². The van der Waals surface area contributed by atoms with Gasteiger partial charge in [-0.2, -0.15) is 21.6 Å². The summed E-state index contributed by atoms with van der Waals surface area (Å²) in [5.41, 5.74) is -5.66. The third-order valence-corrected chi connectivity index (χ3v) is 2.62. The molecule has 1 aromatic rings. The van der Waals surface area contributed by atoms with E-state index in [1.54, 1.807) is 0 Å². The summed E-state index contributed by atoms with van der Waals surface area (Å²) in [6.45, 7) is 0. The van der Waals surface area contributed by atoms with Crippen molar-refractivity contribution in [2.45, 2.75) is 5.51 Å². The van der Waals surface area contributed by atoms with Gasteiger partial charge in [-0.05, 0) is 12.1 Å². The molecule has 1 heterocycles. The Kier molecular flexibility index (Phi) is 3.10. The van der Waals surface area contributed by atoms with Crippen LogP contribution in [0, 0.1) is 0 Å². The molecule has 4 nitrogen and oxygen atoms in total. The molecule has 0 aliphatic heterocycles. The van der Waals surface area contributed by atoms with Crippen LogP contribution >= 0.6 is 11.6 Å². The number of nitrogens with zero attached hydrogens (tertiary/aromatic N) is 1. The Balaban J connectivity index is 2.93. The molecule has 0 unspecified atom stereocenters. The lowest BCUT2D eigenvalue weighted by atomic mass is 10.4. The topological polar surface area (TPSA) is 59.1 Å². The van der Waals surface area contributed by atoms with Crippen molar-refractivity contribution in [3.8, 4) is 0 Å². The van der Waals surface area contributed by atoms with E-state index in [4.69, 9.17) is 11.6 Å². The molecule has 1 rings (SSSR count). The summed E-state index contributed by atoms with van der Waals surface area (Å²) < 4.78 is 58.2. The van der Waals surface area contributed by atoms with Gasteiger partial charge in [0.15, 0.2) is 0 Å². The van der Waals surface area contributed by atoms with Crippen molar-refractivity contribution in [2.75, 3.05) is 4.72 Å². The van der Waals surface area contributed by atoms with E-state index in [1.807, 2.05) is 0 Å². The maximum atomic E-state index is 11.9. The Hall–Kier alpha value is -1.02. The van der Waals surface area contributed by atoms with Gasteiger partial charge in [0, 0.05) is 0 Å². The smallest absolute Gasteiger partial charge is 0.274 e. The van der Waals surface area contributed by atoms with Crippen LogP contribution in [-0.2, 0) is 10.0 Å². The number of anilines is 1. The molecule has 0 atom stereocenters. The highest BCUT2D eigenvalue weighted by molar-refractivity contribution is 7.93. The molecule has 0 radical (unpaired) electrons. The third-order valence-electron chi connectivity index (χ3n) is 1.28. The molecule has 0 spiro atoms. The van der Waals surface area contributed by atoms with E-state index in [0.717, 1.165) is 18.3 Å². The number of aromatic nitrogens is 1. The van der Waals surface area contributed by atoms with E-state index in [9.17, 15) is 21.6 Å². The van der Waals surface area contributed by atoms with Gasteiger partial charge in [0.1, 0.15) is 5.15 Å². The quantitative estimate of drug-likeness (QED) is 0.828. The van der Waals surface area contributed by atoms with E-state index in [1.165, 1.54) is 4.72 Å². The predicted octanol–water partition coefficient (Wildman–Crippen LogP) is 2.00. The van der Waals surface area contributed by atoms with Crippen molar-refractivity contribution in [2.24, 2.45) is 0 Å². The van der Waals surface area contributed by atoms with Crippen LogP contribution in [0.2, 0.25) is 5.15 Å². The van der Waals surface area contributed by atoms with Gasteiger partial charge in [-0.3, -0.25) is 4.72 Å². The lowest BCUT2D eigenvalue weighted by Gasteiger charge is -2.09. The maximum absolute atomic E-state index is 11.9. The van der Waals surface area contributed by atoms with Gasteiger partial charge in [-0.1, -0.05) is 11.6 Å². The molecule has 1 N–H and O–H groups in total. The molecule has 1 aromatic heterocycles. The Morgan fingerprint density at radius 2 is 1.93 bits per heavy atom. The minimum absolute atomic E-state index is 0.0463. The van der Waals surface area contributed by atoms with Crippen LogP contribution in [0.25, 0.3) is 0 Å². The zero-order valence-electron chi connectivity index (χ0n) is 6.92. The number of alkyl halides is 3. The fourth-order valence-electron chi connectivity index (χ4n) is 0.649. The van der Waals surface area contributed by atoms with Crippen molar-refractivity contribution >= 4 is 27.3 Å². The molecular weight excluding hydrogens is 257 g/mol. The molecule has 0 aliphatic carbocycles. The SMILES string of the molecule is O=S(=O)(Nc1ccc(Cl)nc1)C(F)(F)F. The summed E-state index contributed by atoms with van der Waals surface area (Å²) in [5.74, 6) is 0. The molecule has 84 valence electrons. The molecule has 0 saturated heterocycles. The Morgan fingerprint density at radius 3 is 2.33 bits per heavy atom. The fourth-order valence-corrected chi connectivity index (χ4v) is 1.31. The third kappa shape index (κ3) is 2.96. The van der Waals surface area contributed by atoms with Gasteiger partial charge in [0.05, 0.1) is 11.9 Å². The van der Waals surface area contributed by atoms with E-state index < -0.39 is 15.5 Å². The second kappa shape index (κ2) is 3.86. The first-order chi connectivity index (χ1) is 6.72. The van der Waals surface area contributed by atoms with Gasteiger partial charge >= 0.3 is 15.5 Å². The van der Waals surface area contributed by atoms with E-state index in [2.05, 4.69) is 4.98 Å². The number of hydrogen-bond acceptors (Lipinski definition) is 3. The average molecular weight is 261 g/mol. The number of nitrogens with one attached hydrogen (secondary N) is 1. The summed E-state index contributed by atoms with van der Waals surface area (Å²) in [5, 5.41) is 0.0463. The van der Waals surface area contributed by atoms with Crippen LogP contribution < -0.4 is 4.72 Å². The zero-order valence-corrected chi connectivity index (χ0v) is 8.49. The van der Waals surface area contributed by atoms with Crippen LogP contribution in [0.1, 0.15) is 0 Å². The van der Waals surface area contributed by atoms with Crippen molar-refractivity contribution in [1.29, 1.82) is 0 Å². The lowest BCUT2D eigenvalue weighted by Crippen LogP contribution is -2.29. The van der Waals surface area contributed by atoms with Crippen LogP contribution in [0.4, 0.5) is 18.9 Å². The average Bonchev–Trinajstić information content (AvgIpc) is 2.06. The molecule has 0 bridgehead atoms. The van der Waals surface area contributed by atoms with E-state index in [-0.39, 0.29) is 10.8 Å². The monoisotopic (exact) mass is 260 g/mol. The Labute approximate surface area is 88.1 Å². The standard InChI is InChI=1S/C6H4ClF3N2O2S/c7-5-2-1-4(3-11-5)12-15(13,14)6(8,9)10/h1-3,12H. The van der Waals surface area contributed by atoms with Crippen molar-refractivity contribution in [3.63, 3.8) is 0 Å². The van der Waals surface area contributed by atoms with Crippen LogP contribution in [0.3, 0.4) is 0 Å². The molecule has 0 aliphatic rings. The summed E-state index contributed by atoms with van der Waals surface area (Å²) in [6.07, 6.45) is 0.881. The van der Waals surface area contributed by atoms with E-state index >= 15 is 0 Å². The predicted molar refractivity (Wildman–Crippen MR) is 47.8 cm³/mol. The highest BCUT2D eigenvalue weighted by Crippen LogP contribution is 2.25. The number of hydrogen-bond donors (Lipinski definition) is 1. The van der Waals surface area contributed by atoms with Gasteiger partial charge in [0.2, 0.25) is 0 Å². The minimum atomic E-state index is -5.40. The van der Waals surface area contributed by atoms with Crippen LogP contribution in [0.15, 0.2) is 18.3 Å². The minimum Gasteiger partial charge on any atom is -0.274 e. The first kappa shape index (κ1) is 12.1. The fraction of sp³-hybridized carbons (Fsp3) is 0.167. The molecule has 0 fully saturated rings.